The zero-order valence-electron chi connectivity index (χ0n) is 6.92. The van der Waals surface area contributed by atoms with Crippen LogP contribution in [0.5, 0.6) is 0 Å². The van der Waals surface area contributed by atoms with Crippen LogP contribution in [0.3, 0.4) is 0 Å². The van der Waals surface area contributed by atoms with E-state index in [1.807, 2.05) is 6.07 Å². The fourth-order valence-corrected chi connectivity index (χ4v) is 2.21. The van der Waals surface area contributed by atoms with Gasteiger partial charge in [0.2, 0.25) is 0 Å². The Morgan fingerprint density at radius 1 is 1.33 bits per heavy atom. The average Bonchev–Trinajstić information content (AvgIpc) is 2.96. The maximum atomic E-state index is 6.20. The molecule has 0 spiro atoms. The first kappa shape index (κ1) is 6.66. The molecule has 0 bridgehead atoms. The summed E-state index contributed by atoms with van der Waals surface area (Å²) < 4.78 is 4.86. The zero-order chi connectivity index (χ0) is 8.23. The summed E-state index contributed by atoms with van der Waals surface area (Å²) in [4.78, 5) is 0. The summed E-state index contributed by atoms with van der Waals surface area (Å²) in [7, 11) is 0. The van der Waals surface area contributed by atoms with E-state index in [0.717, 1.165) is 18.5 Å². The number of hydrogen-bond acceptors (Lipinski definition) is 3. The van der Waals surface area contributed by atoms with Crippen molar-refractivity contribution in [3.8, 4) is 0 Å². The van der Waals surface area contributed by atoms with Crippen LogP contribution in [-0.2, 0) is 5.41 Å². The Morgan fingerprint density at radius 2 is 2.08 bits per heavy atom. The minimum absolute atomic E-state index is 0.0594. The SMILES string of the molecule is NC1(C2(c3ccon3)CC2)CC1. The molecule has 2 aliphatic rings. The van der Waals surface area contributed by atoms with Gasteiger partial charge in [0.1, 0.15) is 6.26 Å². The lowest BCUT2D eigenvalue weighted by Gasteiger charge is -2.19. The van der Waals surface area contributed by atoms with Crippen molar-refractivity contribution in [2.45, 2.75) is 36.6 Å². The monoisotopic (exact) mass is 164 g/mol. The number of hydrogen-bond donors (Lipinski definition) is 1. The second kappa shape index (κ2) is 1.74. The molecule has 1 heterocycles. The van der Waals surface area contributed by atoms with Crippen molar-refractivity contribution in [2.24, 2.45) is 5.73 Å². The molecule has 3 heteroatoms. The fourth-order valence-electron chi connectivity index (χ4n) is 2.21. The first-order valence-electron chi connectivity index (χ1n) is 4.47. The second-order valence-electron chi connectivity index (χ2n) is 4.12. The van der Waals surface area contributed by atoms with Crippen molar-refractivity contribution in [1.29, 1.82) is 0 Å². The minimum Gasteiger partial charge on any atom is -0.364 e. The molecule has 3 nitrogen and oxygen atoms in total. The Labute approximate surface area is 70.9 Å². The Kier molecular flexibility index (Phi) is 0.966. The van der Waals surface area contributed by atoms with Gasteiger partial charge >= 0.3 is 0 Å². The molecule has 64 valence electrons. The predicted molar refractivity (Wildman–Crippen MR) is 43.6 cm³/mol. The van der Waals surface area contributed by atoms with Crippen molar-refractivity contribution in [3.63, 3.8) is 0 Å². The molecule has 0 saturated heterocycles. The van der Waals surface area contributed by atoms with Crippen molar-refractivity contribution in [3.05, 3.63) is 18.0 Å². The second-order valence-corrected chi connectivity index (χ2v) is 4.12. The number of nitrogens with two attached hydrogens (primary N) is 1. The van der Waals surface area contributed by atoms with Gasteiger partial charge in [-0.15, -0.1) is 0 Å². The van der Waals surface area contributed by atoms with Crippen LogP contribution in [0, 0.1) is 0 Å². The zero-order valence-corrected chi connectivity index (χ0v) is 6.92. The number of rotatable bonds is 2. The van der Waals surface area contributed by atoms with Gasteiger partial charge in [0, 0.05) is 17.0 Å². The summed E-state index contributed by atoms with van der Waals surface area (Å²) in [6.45, 7) is 0. The van der Waals surface area contributed by atoms with E-state index in [9.17, 15) is 0 Å². The van der Waals surface area contributed by atoms with E-state index in [1.165, 1.54) is 12.8 Å². The highest BCUT2D eigenvalue weighted by molar-refractivity contribution is 5.35. The van der Waals surface area contributed by atoms with Crippen molar-refractivity contribution >= 4 is 0 Å². The van der Waals surface area contributed by atoms with Gasteiger partial charge in [-0.25, -0.2) is 0 Å². The third kappa shape index (κ3) is 0.630. The van der Waals surface area contributed by atoms with Crippen molar-refractivity contribution in [2.75, 3.05) is 0 Å². The Morgan fingerprint density at radius 3 is 2.50 bits per heavy atom. The molecule has 1 aromatic heterocycles. The third-order valence-electron chi connectivity index (χ3n) is 3.42. The van der Waals surface area contributed by atoms with Crippen LogP contribution in [0.2, 0.25) is 0 Å². The molecule has 1 aromatic rings. The van der Waals surface area contributed by atoms with Crippen molar-refractivity contribution in [1.82, 2.24) is 5.16 Å². The van der Waals surface area contributed by atoms with E-state index in [4.69, 9.17) is 10.3 Å². The first-order valence-corrected chi connectivity index (χ1v) is 4.47. The number of aromatic nitrogens is 1. The van der Waals surface area contributed by atoms with Gasteiger partial charge in [-0.2, -0.15) is 0 Å². The first-order chi connectivity index (χ1) is 5.77. The highest BCUT2D eigenvalue weighted by Gasteiger charge is 2.65. The summed E-state index contributed by atoms with van der Waals surface area (Å²) in [5.74, 6) is 0. The molecule has 0 aromatic carbocycles. The molecule has 0 unspecified atom stereocenters. The van der Waals surface area contributed by atoms with Crippen LogP contribution in [0.4, 0.5) is 0 Å². The fraction of sp³-hybridized carbons (Fsp3) is 0.667. The van der Waals surface area contributed by atoms with E-state index in [2.05, 4.69) is 5.16 Å². The van der Waals surface area contributed by atoms with Gasteiger partial charge < -0.3 is 10.3 Å². The van der Waals surface area contributed by atoms with Crippen LogP contribution in [-0.4, -0.2) is 10.7 Å². The lowest BCUT2D eigenvalue weighted by atomic mass is 9.91. The largest absolute Gasteiger partial charge is 0.364 e. The predicted octanol–water partition coefficient (Wildman–Crippen LogP) is 1.20. The van der Waals surface area contributed by atoms with Gasteiger partial charge in [-0.05, 0) is 25.7 Å². The topological polar surface area (TPSA) is 52.0 Å². The summed E-state index contributed by atoms with van der Waals surface area (Å²) in [6.07, 6.45) is 6.33. The lowest BCUT2D eigenvalue weighted by molar-refractivity contribution is 0.386. The summed E-state index contributed by atoms with van der Waals surface area (Å²) in [6, 6.07) is 1.96. The van der Waals surface area contributed by atoms with Gasteiger partial charge in [-0.3, -0.25) is 0 Å². The molecule has 12 heavy (non-hydrogen) atoms. The normalized spacial score (nSPS) is 28.4. The molecule has 2 aliphatic carbocycles. The van der Waals surface area contributed by atoms with Crippen molar-refractivity contribution < 1.29 is 4.52 Å². The van der Waals surface area contributed by atoms with Gasteiger partial charge in [0.15, 0.2) is 0 Å². The van der Waals surface area contributed by atoms with E-state index in [1.54, 1.807) is 6.26 Å². The highest BCUT2D eigenvalue weighted by atomic mass is 16.5. The maximum absolute atomic E-state index is 6.20. The lowest BCUT2D eigenvalue weighted by Crippen LogP contribution is -2.37. The van der Waals surface area contributed by atoms with Crippen LogP contribution in [0.1, 0.15) is 31.4 Å². The molecule has 2 saturated carbocycles. The smallest absolute Gasteiger partial charge is 0.124 e. The Hall–Kier alpha value is -0.830. The molecule has 0 radical (unpaired) electrons. The highest BCUT2D eigenvalue weighted by Crippen LogP contribution is 2.63. The molecule has 2 N–H and O–H groups in total. The number of nitrogens with zero attached hydrogens (tertiary/aromatic N) is 1. The Bertz CT molecular complexity index is 296. The summed E-state index contributed by atoms with van der Waals surface area (Å²) in [5.41, 5.74) is 7.52. The van der Waals surface area contributed by atoms with Gasteiger partial charge in [-0.1, -0.05) is 5.16 Å². The Balaban J connectivity index is 2.02. The summed E-state index contributed by atoms with van der Waals surface area (Å²) in [5, 5.41) is 4.00. The summed E-state index contributed by atoms with van der Waals surface area (Å²) >= 11 is 0. The van der Waals surface area contributed by atoms with E-state index in [0.29, 0.717) is 0 Å². The van der Waals surface area contributed by atoms with Crippen LogP contribution in [0.15, 0.2) is 16.9 Å². The molecule has 0 aliphatic heterocycles. The molecular weight excluding hydrogens is 152 g/mol. The quantitative estimate of drug-likeness (QED) is 0.714. The van der Waals surface area contributed by atoms with Crippen LogP contribution >= 0.6 is 0 Å². The molecule has 2 fully saturated rings. The molecule has 3 rings (SSSR count). The minimum atomic E-state index is 0.0594. The average molecular weight is 164 g/mol. The van der Waals surface area contributed by atoms with Gasteiger partial charge in [0.05, 0.1) is 5.69 Å². The molecule has 0 amide bonds. The third-order valence-corrected chi connectivity index (χ3v) is 3.42. The van der Waals surface area contributed by atoms with E-state index < -0.39 is 0 Å². The standard InChI is InChI=1S/C9H12N2O/c10-9(4-5-9)8(2-3-8)7-1-6-12-11-7/h1,6H,2-5,10H2. The van der Waals surface area contributed by atoms with Crippen LogP contribution in [0.25, 0.3) is 0 Å². The van der Waals surface area contributed by atoms with Crippen LogP contribution < -0.4 is 5.73 Å². The van der Waals surface area contributed by atoms with E-state index in [-0.39, 0.29) is 11.0 Å². The van der Waals surface area contributed by atoms with Gasteiger partial charge in [0.25, 0.3) is 0 Å². The maximum Gasteiger partial charge on any atom is 0.124 e. The molecular formula is C9H12N2O. The molecule has 0 atom stereocenters. The van der Waals surface area contributed by atoms with E-state index >= 15 is 0 Å².